The smallest absolute Gasteiger partial charge is 0.407 e. The molecule has 25 heavy (non-hydrogen) atoms. The molecule has 0 fully saturated rings. The Labute approximate surface area is 152 Å². The number of benzene rings is 1. The molecule has 6 heteroatoms. The second-order valence-electron chi connectivity index (χ2n) is 7.92. The van der Waals surface area contributed by atoms with Crippen molar-refractivity contribution >= 4 is 14.4 Å². The van der Waals surface area contributed by atoms with Gasteiger partial charge in [0.15, 0.2) is 8.32 Å². The summed E-state index contributed by atoms with van der Waals surface area (Å²) in [6.45, 7) is 13.0. The van der Waals surface area contributed by atoms with Crippen molar-refractivity contribution in [3.05, 3.63) is 35.9 Å². The molecule has 0 unspecified atom stereocenters. The minimum Gasteiger partial charge on any atom is -0.445 e. The first-order valence-corrected chi connectivity index (χ1v) is 11.7. The van der Waals surface area contributed by atoms with E-state index in [0.717, 1.165) is 5.56 Å². The summed E-state index contributed by atoms with van der Waals surface area (Å²) in [7, 11) is -1.99. The molecule has 1 aromatic carbocycles. The summed E-state index contributed by atoms with van der Waals surface area (Å²) < 4.78 is 11.6. The van der Waals surface area contributed by atoms with Crippen molar-refractivity contribution in [2.45, 2.75) is 71.0 Å². The Morgan fingerprint density at radius 2 is 1.84 bits per heavy atom. The first kappa shape index (κ1) is 21.7. The van der Waals surface area contributed by atoms with Crippen molar-refractivity contribution in [1.29, 1.82) is 0 Å². The molecule has 0 heterocycles. The number of hydrogen-bond donors (Lipinski definition) is 2. The highest BCUT2D eigenvalue weighted by Gasteiger charge is 2.40. The summed E-state index contributed by atoms with van der Waals surface area (Å²) in [5.41, 5.74) is 0.940. The maximum atomic E-state index is 12.1. The predicted octanol–water partition coefficient (Wildman–Crippen LogP) is 4.07. The van der Waals surface area contributed by atoms with Crippen LogP contribution in [0.2, 0.25) is 18.1 Å². The summed E-state index contributed by atoms with van der Waals surface area (Å²) in [5.74, 6) is 0. The van der Waals surface area contributed by atoms with Crippen LogP contribution < -0.4 is 5.32 Å². The van der Waals surface area contributed by atoms with Gasteiger partial charge in [-0.25, -0.2) is 4.79 Å². The Bertz CT molecular complexity index is 528. The number of alkyl carbamates (subject to hydrolysis) is 1. The highest BCUT2D eigenvalue weighted by atomic mass is 28.4. The summed E-state index contributed by atoms with van der Waals surface area (Å²) >= 11 is 0. The Balaban J connectivity index is 2.60. The average molecular weight is 368 g/mol. The minimum absolute atomic E-state index is 0.0182. The van der Waals surface area contributed by atoms with E-state index in [1.807, 2.05) is 37.3 Å². The lowest BCUT2D eigenvalue weighted by Crippen LogP contribution is -2.51. The molecule has 0 aliphatic rings. The van der Waals surface area contributed by atoms with Crippen LogP contribution in [0.3, 0.4) is 0 Å². The van der Waals surface area contributed by atoms with E-state index in [0.29, 0.717) is 6.42 Å². The SMILES string of the molecule is C[C@H](NC(=O)OCc1ccccc1)[C@H](CCO)O[Si](C)(C)C(C)(C)C. The number of carbonyl (C=O) groups is 1. The van der Waals surface area contributed by atoms with E-state index in [4.69, 9.17) is 9.16 Å². The number of carbonyl (C=O) groups excluding carboxylic acids is 1. The Morgan fingerprint density at radius 3 is 2.36 bits per heavy atom. The Hall–Kier alpha value is -1.37. The second kappa shape index (κ2) is 9.36. The summed E-state index contributed by atoms with van der Waals surface area (Å²) in [4.78, 5) is 12.1. The third-order valence-electron chi connectivity index (χ3n) is 4.78. The van der Waals surface area contributed by atoms with Crippen molar-refractivity contribution in [1.82, 2.24) is 5.32 Å². The largest absolute Gasteiger partial charge is 0.445 e. The molecule has 0 bridgehead atoms. The van der Waals surface area contributed by atoms with Crippen molar-refractivity contribution in [2.24, 2.45) is 0 Å². The van der Waals surface area contributed by atoms with Gasteiger partial charge in [-0.15, -0.1) is 0 Å². The molecule has 0 saturated heterocycles. The van der Waals surface area contributed by atoms with Crippen LogP contribution in [-0.4, -0.2) is 38.3 Å². The molecule has 1 amide bonds. The zero-order chi connectivity index (χ0) is 19.1. The van der Waals surface area contributed by atoms with Gasteiger partial charge in [0.1, 0.15) is 6.61 Å². The van der Waals surface area contributed by atoms with Crippen LogP contribution >= 0.6 is 0 Å². The molecule has 0 aliphatic heterocycles. The molecular weight excluding hydrogens is 334 g/mol. The van der Waals surface area contributed by atoms with E-state index >= 15 is 0 Å². The van der Waals surface area contributed by atoms with Crippen LogP contribution in [0.5, 0.6) is 0 Å². The predicted molar refractivity (Wildman–Crippen MR) is 103 cm³/mol. The van der Waals surface area contributed by atoms with E-state index in [2.05, 4.69) is 39.2 Å². The van der Waals surface area contributed by atoms with E-state index in [1.54, 1.807) is 0 Å². The first-order valence-electron chi connectivity index (χ1n) is 8.82. The first-order chi connectivity index (χ1) is 11.6. The molecule has 0 radical (unpaired) electrons. The maximum Gasteiger partial charge on any atom is 0.407 e. The second-order valence-corrected chi connectivity index (χ2v) is 12.7. The number of rotatable bonds is 8. The number of nitrogens with one attached hydrogen (secondary N) is 1. The molecule has 2 N–H and O–H groups in total. The quantitative estimate of drug-likeness (QED) is 0.680. The van der Waals surface area contributed by atoms with Gasteiger partial charge in [-0.2, -0.15) is 0 Å². The number of aliphatic hydroxyl groups excluding tert-OH is 1. The lowest BCUT2D eigenvalue weighted by molar-refractivity contribution is 0.0940. The third-order valence-corrected chi connectivity index (χ3v) is 9.29. The molecule has 0 saturated carbocycles. The zero-order valence-corrected chi connectivity index (χ0v) is 17.3. The van der Waals surface area contributed by atoms with Gasteiger partial charge in [-0.1, -0.05) is 51.1 Å². The molecule has 0 aliphatic carbocycles. The van der Waals surface area contributed by atoms with E-state index < -0.39 is 14.4 Å². The van der Waals surface area contributed by atoms with E-state index in [9.17, 15) is 9.90 Å². The fourth-order valence-corrected chi connectivity index (χ4v) is 3.57. The fourth-order valence-electron chi connectivity index (χ4n) is 2.14. The van der Waals surface area contributed by atoms with Crippen LogP contribution in [0.1, 0.15) is 39.7 Å². The van der Waals surface area contributed by atoms with Crippen LogP contribution in [0.4, 0.5) is 4.79 Å². The highest BCUT2D eigenvalue weighted by molar-refractivity contribution is 6.74. The fraction of sp³-hybridized carbons (Fsp3) is 0.632. The Kier molecular flexibility index (Phi) is 8.11. The maximum absolute atomic E-state index is 12.1. The number of amides is 1. The van der Waals surface area contributed by atoms with E-state index in [1.165, 1.54) is 0 Å². The van der Waals surface area contributed by atoms with Gasteiger partial charge in [-0.3, -0.25) is 0 Å². The molecule has 0 aromatic heterocycles. The molecule has 2 atom stereocenters. The summed E-state index contributed by atoms with van der Waals surface area (Å²) in [5, 5.41) is 12.3. The minimum atomic E-state index is -1.99. The van der Waals surface area contributed by atoms with Crippen LogP contribution in [0.15, 0.2) is 30.3 Å². The molecule has 1 aromatic rings. The number of ether oxygens (including phenoxy) is 1. The van der Waals surface area contributed by atoms with E-state index in [-0.39, 0.29) is 30.4 Å². The molecule has 142 valence electrons. The van der Waals surface area contributed by atoms with Crippen LogP contribution in [0.25, 0.3) is 0 Å². The number of aliphatic hydroxyl groups is 1. The lowest BCUT2D eigenvalue weighted by Gasteiger charge is -2.40. The lowest BCUT2D eigenvalue weighted by atomic mass is 10.1. The van der Waals surface area contributed by atoms with Gasteiger partial charge >= 0.3 is 6.09 Å². The monoisotopic (exact) mass is 367 g/mol. The third kappa shape index (κ3) is 7.18. The van der Waals surface area contributed by atoms with Gasteiger partial charge in [0.2, 0.25) is 0 Å². The molecule has 5 nitrogen and oxygen atoms in total. The van der Waals surface area contributed by atoms with Crippen LogP contribution in [-0.2, 0) is 15.8 Å². The summed E-state index contributed by atoms with van der Waals surface area (Å²) in [6, 6.07) is 9.30. The van der Waals surface area contributed by atoms with Gasteiger partial charge in [0, 0.05) is 6.61 Å². The van der Waals surface area contributed by atoms with Gasteiger partial charge in [0.05, 0.1) is 12.1 Å². The standard InChI is InChI=1S/C19H33NO4Si/c1-15(17(12-13-21)24-25(5,6)19(2,3)4)20-18(22)23-14-16-10-8-7-9-11-16/h7-11,15,17,21H,12-14H2,1-6H3,(H,20,22)/t15-,17-/m0/s1. The van der Waals surface area contributed by atoms with Crippen molar-refractivity contribution in [2.75, 3.05) is 6.61 Å². The van der Waals surface area contributed by atoms with Gasteiger partial charge in [0.25, 0.3) is 0 Å². The number of hydrogen-bond acceptors (Lipinski definition) is 4. The molecular formula is C19H33NO4Si. The normalized spacial score (nSPS) is 14.7. The van der Waals surface area contributed by atoms with Crippen molar-refractivity contribution in [3.63, 3.8) is 0 Å². The van der Waals surface area contributed by atoms with Gasteiger partial charge in [-0.05, 0) is 37.0 Å². The highest BCUT2D eigenvalue weighted by Crippen LogP contribution is 2.37. The summed E-state index contributed by atoms with van der Waals surface area (Å²) in [6.07, 6.45) is -0.236. The molecule has 0 spiro atoms. The average Bonchev–Trinajstić information content (AvgIpc) is 2.52. The Morgan fingerprint density at radius 1 is 1.24 bits per heavy atom. The van der Waals surface area contributed by atoms with Crippen molar-refractivity contribution < 1.29 is 19.1 Å². The molecule has 1 rings (SSSR count). The zero-order valence-electron chi connectivity index (χ0n) is 16.3. The van der Waals surface area contributed by atoms with Crippen LogP contribution in [0, 0.1) is 0 Å². The van der Waals surface area contributed by atoms with Gasteiger partial charge < -0.3 is 19.6 Å². The van der Waals surface area contributed by atoms with Crippen molar-refractivity contribution in [3.8, 4) is 0 Å². The topological polar surface area (TPSA) is 67.8 Å².